The van der Waals surface area contributed by atoms with Crippen LogP contribution in [0.3, 0.4) is 0 Å². The lowest BCUT2D eigenvalue weighted by Crippen LogP contribution is -2.42. The molecule has 3 atom stereocenters. The van der Waals surface area contributed by atoms with E-state index in [0.717, 1.165) is 11.8 Å². The van der Waals surface area contributed by atoms with Gasteiger partial charge in [0.25, 0.3) is 0 Å². The molecule has 1 heterocycles. The minimum absolute atomic E-state index is 0.698. The van der Waals surface area contributed by atoms with Crippen molar-refractivity contribution in [1.29, 1.82) is 0 Å². The zero-order chi connectivity index (χ0) is 13.5. The predicted octanol–water partition coefficient (Wildman–Crippen LogP) is 4.88. The molecule has 0 spiro atoms. The number of hydrogen-bond acceptors (Lipinski definition) is 2. The highest BCUT2D eigenvalue weighted by molar-refractivity contribution is 7.09. The van der Waals surface area contributed by atoms with Gasteiger partial charge in [0, 0.05) is 10.9 Å². The fraction of sp³-hybridized carbons (Fsp3) is 0.765. The van der Waals surface area contributed by atoms with Crippen LogP contribution in [0.1, 0.15) is 57.2 Å². The monoisotopic (exact) mass is 279 g/mol. The minimum atomic E-state index is 0.698. The fourth-order valence-corrected chi connectivity index (χ4v) is 4.39. The van der Waals surface area contributed by atoms with Crippen molar-refractivity contribution in [3.63, 3.8) is 0 Å². The average molecular weight is 279 g/mol. The third-order valence-corrected chi connectivity index (χ3v) is 5.57. The molecule has 1 aliphatic carbocycles. The first-order valence-electron chi connectivity index (χ1n) is 8.10. The lowest BCUT2D eigenvalue weighted by Gasteiger charge is -2.37. The van der Waals surface area contributed by atoms with E-state index in [1.54, 1.807) is 4.88 Å². The smallest absolute Gasteiger partial charge is 0.0146 e. The maximum atomic E-state index is 3.85. The molecule has 0 radical (unpaired) electrons. The summed E-state index contributed by atoms with van der Waals surface area (Å²) in [7, 11) is 0. The van der Waals surface area contributed by atoms with Gasteiger partial charge in [-0.3, -0.25) is 0 Å². The first-order chi connectivity index (χ1) is 9.35. The summed E-state index contributed by atoms with van der Waals surface area (Å²) in [6.07, 6.45) is 9.62. The first-order valence-corrected chi connectivity index (χ1v) is 8.98. The Morgan fingerprint density at radius 3 is 2.84 bits per heavy atom. The highest BCUT2D eigenvalue weighted by Gasteiger charge is 2.30. The van der Waals surface area contributed by atoms with Crippen LogP contribution in [0.4, 0.5) is 0 Å². The van der Waals surface area contributed by atoms with E-state index in [1.807, 2.05) is 11.3 Å². The third kappa shape index (κ3) is 4.32. The molecule has 3 unspecified atom stereocenters. The maximum Gasteiger partial charge on any atom is 0.0146 e. The minimum Gasteiger partial charge on any atom is -0.313 e. The summed E-state index contributed by atoms with van der Waals surface area (Å²) in [5.74, 6) is 1.84. The van der Waals surface area contributed by atoms with Gasteiger partial charge in [0.15, 0.2) is 0 Å². The predicted molar refractivity (Wildman–Crippen MR) is 85.8 cm³/mol. The van der Waals surface area contributed by atoms with Crippen LogP contribution in [-0.2, 0) is 6.42 Å². The van der Waals surface area contributed by atoms with E-state index in [0.29, 0.717) is 6.04 Å². The molecule has 0 amide bonds. The van der Waals surface area contributed by atoms with Crippen molar-refractivity contribution in [2.24, 2.45) is 11.8 Å². The summed E-state index contributed by atoms with van der Waals surface area (Å²) in [6.45, 7) is 5.82. The second-order valence-corrected chi connectivity index (χ2v) is 6.99. The molecule has 1 fully saturated rings. The molecule has 1 nitrogen and oxygen atoms in total. The van der Waals surface area contributed by atoms with E-state index in [4.69, 9.17) is 0 Å². The van der Waals surface area contributed by atoms with Crippen molar-refractivity contribution < 1.29 is 0 Å². The Labute approximate surface area is 122 Å². The van der Waals surface area contributed by atoms with E-state index in [1.165, 1.54) is 51.5 Å². The summed E-state index contributed by atoms with van der Waals surface area (Å²) in [4.78, 5) is 1.55. The summed E-state index contributed by atoms with van der Waals surface area (Å²) < 4.78 is 0. The van der Waals surface area contributed by atoms with E-state index in [2.05, 4.69) is 36.7 Å². The number of hydrogen-bond donors (Lipinski definition) is 1. The van der Waals surface area contributed by atoms with Crippen molar-refractivity contribution in [3.8, 4) is 0 Å². The van der Waals surface area contributed by atoms with Gasteiger partial charge in [-0.1, -0.05) is 45.6 Å². The van der Waals surface area contributed by atoms with Crippen molar-refractivity contribution in [1.82, 2.24) is 5.32 Å². The maximum absolute atomic E-state index is 3.85. The molecular weight excluding hydrogens is 250 g/mol. The van der Waals surface area contributed by atoms with Crippen LogP contribution in [0.15, 0.2) is 17.5 Å². The molecule has 108 valence electrons. The first kappa shape index (κ1) is 15.1. The Morgan fingerprint density at radius 1 is 1.32 bits per heavy atom. The lowest BCUT2D eigenvalue weighted by atomic mass is 9.73. The van der Waals surface area contributed by atoms with Crippen molar-refractivity contribution in [2.75, 3.05) is 6.54 Å². The van der Waals surface area contributed by atoms with Crippen LogP contribution in [0.25, 0.3) is 0 Å². The molecule has 1 aromatic heterocycles. The second kappa shape index (κ2) is 8.06. The van der Waals surface area contributed by atoms with Gasteiger partial charge in [-0.2, -0.15) is 0 Å². The van der Waals surface area contributed by atoms with Crippen LogP contribution >= 0.6 is 11.3 Å². The van der Waals surface area contributed by atoms with Gasteiger partial charge in [-0.05, 0) is 49.1 Å². The highest BCUT2D eigenvalue weighted by atomic mass is 32.1. The Bertz CT molecular complexity index is 333. The molecule has 0 saturated heterocycles. The van der Waals surface area contributed by atoms with Gasteiger partial charge >= 0.3 is 0 Å². The normalized spacial score (nSPS) is 25.4. The van der Waals surface area contributed by atoms with Crippen molar-refractivity contribution >= 4 is 11.3 Å². The zero-order valence-electron chi connectivity index (χ0n) is 12.5. The lowest BCUT2D eigenvalue weighted by molar-refractivity contribution is 0.174. The Morgan fingerprint density at radius 2 is 2.16 bits per heavy atom. The average Bonchev–Trinajstić information content (AvgIpc) is 2.96. The van der Waals surface area contributed by atoms with Gasteiger partial charge in [-0.25, -0.2) is 0 Å². The Kier molecular flexibility index (Phi) is 6.39. The van der Waals surface area contributed by atoms with Gasteiger partial charge in [0.1, 0.15) is 0 Å². The molecule has 2 rings (SSSR count). The summed E-state index contributed by atoms with van der Waals surface area (Å²) in [5.41, 5.74) is 0. The van der Waals surface area contributed by atoms with Crippen LogP contribution in [0.2, 0.25) is 0 Å². The molecular formula is C17H29NS. The molecule has 0 bridgehead atoms. The number of thiophene rings is 1. The molecule has 1 aromatic rings. The summed E-state index contributed by atoms with van der Waals surface area (Å²) in [6, 6.07) is 5.19. The zero-order valence-corrected chi connectivity index (χ0v) is 13.3. The molecule has 0 aliphatic heterocycles. The van der Waals surface area contributed by atoms with E-state index >= 15 is 0 Å². The van der Waals surface area contributed by atoms with Gasteiger partial charge in [0.05, 0.1) is 0 Å². The van der Waals surface area contributed by atoms with Gasteiger partial charge in [-0.15, -0.1) is 11.3 Å². The van der Waals surface area contributed by atoms with E-state index in [9.17, 15) is 0 Å². The third-order valence-electron chi connectivity index (χ3n) is 4.67. The SMILES string of the molecule is CCCNC(Cc1cccs1)C1CCCCC1CC. The topological polar surface area (TPSA) is 12.0 Å². The van der Waals surface area contributed by atoms with Crippen LogP contribution < -0.4 is 5.32 Å². The quantitative estimate of drug-likeness (QED) is 0.750. The van der Waals surface area contributed by atoms with Gasteiger partial charge in [0.2, 0.25) is 0 Å². The van der Waals surface area contributed by atoms with Crippen LogP contribution in [0.5, 0.6) is 0 Å². The second-order valence-electron chi connectivity index (χ2n) is 5.96. The van der Waals surface area contributed by atoms with Crippen LogP contribution in [0, 0.1) is 11.8 Å². The summed E-state index contributed by atoms with van der Waals surface area (Å²) in [5, 5.41) is 6.06. The standard InChI is InChI=1S/C17H29NS/c1-3-11-18-17(13-15-9-7-12-19-15)16-10-6-5-8-14(16)4-2/h7,9,12,14,16-18H,3-6,8,10-11,13H2,1-2H3. The van der Waals surface area contributed by atoms with E-state index < -0.39 is 0 Å². The van der Waals surface area contributed by atoms with Gasteiger partial charge < -0.3 is 5.32 Å². The van der Waals surface area contributed by atoms with Crippen LogP contribution in [-0.4, -0.2) is 12.6 Å². The molecule has 0 aromatic carbocycles. The molecule has 1 N–H and O–H groups in total. The fourth-order valence-electron chi connectivity index (χ4n) is 3.62. The summed E-state index contributed by atoms with van der Waals surface area (Å²) >= 11 is 1.92. The number of nitrogens with one attached hydrogen (secondary N) is 1. The Balaban J connectivity index is 2.01. The van der Waals surface area contributed by atoms with E-state index in [-0.39, 0.29) is 0 Å². The Hall–Kier alpha value is -0.340. The number of rotatable bonds is 7. The molecule has 1 aliphatic rings. The van der Waals surface area contributed by atoms with Crippen molar-refractivity contribution in [2.45, 2.75) is 64.8 Å². The molecule has 19 heavy (non-hydrogen) atoms. The molecule has 1 saturated carbocycles. The highest BCUT2D eigenvalue weighted by Crippen LogP contribution is 2.35. The molecule has 2 heteroatoms. The largest absolute Gasteiger partial charge is 0.313 e. The van der Waals surface area contributed by atoms with Crippen molar-refractivity contribution in [3.05, 3.63) is 22.4 Å².